The van der Waals surface area contributed by atoms with Crippen LogP contribution < -0.4 is 10.2 Å². The van der Waals surface area contributed by atoms with Gasteiger partial charge in [0.25, 0.3) is 5.91 Å². The molecule has 0 atom stereocenters. The fourth-order valence-corrected chi connectivity index (χ4v) is 3.60. The summed E-state index contributed by atoms with van der Waals surface area (Å²) in [6.07, 6.45) is 3.78. The largest absolute Gasteiger partial charge is 0.383 e. The Kier molecular flexibility index (Phi) is 4.07. The topological polar surface area (TPSA) is 65.5 Å². The van der Waals surface area contributed by atoms with E-state index in [0.717, 1.165) is 31.1 Å². The molecule has 2 fully saturated rings. The lowest BCUT2D eigenvalue weighted by Gasteiger charge is -2.41. The van der Waals surface area contributed by atoms with Gasteiger partial charge in [-0.1, -0.05) is 0 Å². The summed E-state index contributed by atoms with van der Waals surface area (Å²) in [7, 11) is 0. The fourth-order valence-electron chi connectivity index (χ4n) is 2.78. The Labute approximate surface area is 131 Å². The number of piperidine rings is 1. The standard InChI is InChI=1S/C14H19F2N3O2S/c15-14(16,13(21)5-4-6-13)11(20)17-10-9-22-12(18-10)19-7-2-1-3-8-19/h9,21H,1-8H2,(H,17,20). The van der Waals surface area contributed by atoms with Gasteiger partial charge < -0.3 is 15.3 Å². The van der Waals surface area contributed by atoms with Gasteiger partial charge in [0.15, 0.2) is 5.13 Å². The molecule has 122 valence electrons. The zero-order valence-electron chi connectivity index (χ0n) is 12.1. The van der Waals surface area contributed by atoms with Gasteiger partial charge in [0, 0.05) is 18.5 Å². The van der Waals surface area contributed by atoms with Gasteiger partial charge in [0.1, 0.15) is 11.4 Å². The molecule has 2 aliphatic rings. The highest BCUT2D eigenvalue weighted by Gasteiger charge is 2.61. The van der Waals surface area contributed by atoms with Crippen molar-refractivity contribution in [2.24, 2.45) is 0 Å². The van der Waals surface area contributed by atoms with Crippen molar-refractivity contribution < 1.29 is 18.7 Å². The number of nitrogens with one attached hydrogen (secondary N) is 1. The summed E-state index contributed by atoms with van der Waals surface area (Å²) in [5, 5.41) is 14.2. The Morgan fingerprint density at radius 1 is 1.32 bits per heavy atom. The number of alkyl halides is 2. The summed E-state index contributed by atoms with van der Waals surface area (Å²) < 4.78 is 28.0. The molecule has 1 aliphatic carbocycles. The predicted molar refractivity (Wildman–Crippen MR) is 80.6 cm³/mol. The number of carbonyl (C=O) groups is 1. The third-order valence-corrected chi connectivity index (χ3v) is 5.31. The van der Waals surface area contributed by atoms with Crippen molar-refractivity contribution in [1.29, 1.82) is 0 Å². The molecule has 0 unspecified atom stereocenters. The van der Waals surface area contributed by atoms with E-state index in [2.05, 4.69) is 15.2 Å². The average molecular weight is 331 g/mol. The van der Waals surface area contributed by atoms with E-state index in [4.69, 9.17) is 0 Å². The smallest absolute Gasteiger partial charge is 0.352 e. The highest BCUT2D eigenvalue weighted by atomic mass is 32.1. The minimum absolute atomic E-state index is 0.0521. The Bertz CT molecular complexity index is 554. The molecule has 5 nitrogen and oxygen atoms in total. The second kappa shape index (κ2) is 5.73. The van der Waals surface area contributed by atoms with Crippen LogP contribution in [-0.2, 0) is 4.79 Å². The van der Waals surface area contributed by atoms with Crippen LogP contribution in [0.1, 0.15) is 38.5 Å². The zero-order chi connectivity index (χ0) is 15.8. The van der Waals surface area contributed by atoms with Gasteiger partial charge in [-0.15, -0.1) is 11.3 Å². The van der Waals surface area contributed by atoms with E-state index in [-0.39, 0.29) is 18.7 Å². The number of nitrogens with zero attached hydrogens (tertiary/aromatic N) is 2. The normalized spacial score (nSPS) is 21.3. The van der Waals surface area contributed by atoms with Crippen LogP contribution in [0.2, 0.25) is 0 Å². The highest BCUT2D eigenvalue weighted by Crippen LogP contribution is 2.44. The minimum atomic E-state index is -3.79. The van der Waals surface area contributed by atoms with Crippen molar-refractivity contribution in [3.8, 4) is 0 Å². The number of thiazole rings is 1. The molecule has 2 heterocycles. The van der Waals surface area contributed by atoms with Crippen LogP contribution >= 0.6 is 11.3 Å². The molecule has 0 radical (unpaired) electrons. The van der Waals surface area contributed by atoms with E-state index in [1.807, 2.05) is 0 Å². The summed E-state index contributed by atoms with van der Waals surface area (Å²) in [5.74, 6) is -5.15. The molecular weight excluding hydrogens is 312 g/mol. The number of carbonyl (C=O) groups excluding carboxylic acids is 1. The Morgan fingerprint density at radius 2 is 2.00 bits per heavy atom. The first-order valence-corrected chi connectivity index (χ1v) is 8.42. The lowest BCUT2D eigenvalue weighted by Crippen LogP contribution is -2.59. The first-order valence-electron chi connectivity index (χ1n) is 7.54. The molecule has 2 N–H and O–H groups in total. The van der Waals surface area contributed by atoms with Crippen LogP contribution in [0.25, 0.3) is 0 Å². The van der Waals surface area contributed by atoms with Crippen LogP contribution in [0.4, 0.5) is 19.7 Å². The number of rotatable bonds is 4. The van der Waals surface area contributed by atoms with Crippen LogP contribution in [0, 0.1) is 0 Å². The number of hydrogen-bond donors (Lipinski definition) is 2. The lowest BCUT2D eigenvalue weighted by atomic mass is 9.75. The molecule has 1 amide bonds. The van der Waals surface area contributed by atoms with E-state index in [1.165, 1.54) is 17.8 Å². The Balaban J connectivity index is 1.65. The fraction of sp³-hybridized carbons (Fsp3) is 0.714. The van der Waals surface area contributed by atoms with Crippen LogP contribution in [-0.4, -0.2) is 40.6 Å². The maximum Gasteiger partial charge on any atom is 0.352 e. The van der Waals surface area contributed by atoms with Gasteiger partial charge in [-0.05, 0) is 38.5 Å². The van der Waals surface area contributed by atoms with Gasteiger partial charge >= 0.3 is 5.92 Å². The third-order valence-electron chi connectivity index (χ3n) is 4.41. The lowest BCUT2D eigenvalue weighted by molar-refractivity contribution is -0.212. The molecule has 1 saturated carbocycles. The second-order valence-corrected chi connectivity index (χ2v) is 6.81. The van der Waals surface area contributed by atoms with Crippen LogP contribution in [0.5, 0.6) is 0 Å². The van der Waals surface area contributed by atoms with Crippen molar-refractivity contribution in [3.63, 3.8) is 0 Å². The molecule has 0 spiro atoms. The minimum Gasteiger partial charge on any atom is -0.383 e. The second-order valence-electron chi connectivity index (χ2n) is 5.98. The maximum absolute atomic E-state index is 14.0. The quantitative estimate of drug-likeness (QED) is 0.890. The molecule has 1 aliphatic heterocycles. The highest BCUT2D eigenvalue weighted by molar-refractivity contribution is 7.14. The average Bonchev–Trinajstić information content (AvgIpc) is 2.94. The van der Waals surface area contributed by atoms with Gasteiger partial charge in [0.05, 0.1) is 0 Å². The SMILES string of the molecule is O=C(Nc1csc(N2CCCCC2)n1)C(F)(F)C1(O)CCC1. The van der Waals surface area contributed by atoms with Crippen molar-refractivity contribution in [1.82, 2.24) is 4.98 Å². The first kappa shape index (κ1) is 15.6. The van der Waals surface area contributed by atoms with E-state index in [9.17, 15) is 18.7 Å². The molecule has 1 aromatic heterocycles. The van der Waals surface area contributed by atoms with Crippen LogP contribution in [0.3, 0.4) is 0 Å². The number of halogens is 2. The summed E-state index contributed by atoms with van der Waals surface area (Å²) in [6, 6.07) is 0. The molecule has 8 heteroatoms. The summed E-state index contributed by atoms with van der Waals surface area (Å²) >= 11 is 1.33. The molecule has 0 aromatic carbocycles. The van der Waals surface area contributed by atoms with Crippen molar-refractivity contribution in [2.45, 2.75) is 50.0 Å². The van der Waals surface area contributed by atoms with E-state index in [0.29, 0.717) is 6.42 Å². The number of anilines is 2. The van der Waals surface area contributed by atoms with E-state index < -0.39 is 17.4 Å². The van der Waals surface area contributed by atoms with Gasteiger partial charge in [0.2, 0.25) is 0 Å². The summed E-state index contributed by atoms with van der Waals surface area (Å²) in [5.41, 5.74) is -2.21. The van der Waals surface area contributed by atoms with Crippen molar-refractivity contribution >= 4 is 28.2 Å². The molecular formula is C14H19F2N3O2S. The zero-order valence-corrected chi connectivity index (χ0v) is 13.0. The van der Waals surface area contributed by atoms with E-state index >= 15 is 0 Å². The monoisotopic (exact) mass is 331 g/mol. The third kappa shape index (κ3) is 2.69. The number of hydrogen-bond acceptors (Lipinski definition) is 5. The molecule has 22 heavy (non-hydrogen) atoms. The van der Waals surface area contributed by atoms with Gasteiger partial charge in [-0.2, -0.15) is 8.78 Å². The number of amides is 1. The van der Waals surface area contributed by atoms with Crippen molar-refractivity contribution in [2.75, 3.05) is 23.3 Å². The molecule has 0 bridgehead atoms. The predicted octanol–water partition coefficient (Wildman–Crippen LogP) is 2.62. The first-order chi connectivity index (χ1) is 10.4. The van der Waals surface area contributed by atoms with Crippen LogP contribution in [0.15, 0.2) is 5.38 Å². The Morgan fingerprint density at radius 3 is 2.59 bits per heavy atom. The maximum atomic E-state index is 14.0. The Hall–Kier alpha value is -1.28. The van der Waals surface area contributed by atoms with Gasteiger partial charge in [-0.25, -0.2) is 4.98 Å². The molecule has 1 aromatic rings. The molecule has 1 saturated heterocycles. The summed E-state index contributed by atoms with van der Waals surface area (Å²) in [6.45, 7) is 1.80. The van der Waals surface area contributed by atoms with Gasteiger partial charge in [-0.3, -0.25) is 4.79 Å². The van der Waals surface area contributed by atoms with E-state index in [1.54, 1.807) is 5.38 Å². The number of aromatic nitrogens is 1. The molecule has 3 rings (SSSR count). The summed E-state index contributed by atoms with van der Waals surface area (Å²) in [4.78, 5) is 18.1. The number of aliphatic hydroxyl groups is 1. The van der Waals surface area contributed by atoms with Crippen molar-refractivity contribution in [3.05, 3.63) is 5.38 Å².